The van der Waals surface area contributed by atoms with Crippen molar-refractivity contribution in [2.75, 3.05) is 18.0 Å². The molecule has 0 aromatic carbocycles. The maximum absolute atomic E-state index is 12.0. The minimum atomic E-state index is -0.142. The Hall–Kier alpha value is -1.17. The fourth-order valence-corrected chi connectivity index (χ4v) is 3.30. The number of anilines is 1. The monoisotopic (exact) mass is 254 g/mol. The van der Waals surface area contributed by atoms with E-state index in [0.717, 1.165) is 6.42 Å². The highest BCUT2D eigenvalue weighted by molar-refractivity contribution is 8.00. The van der Waals surface area contributed by atoms with Crippen LogP contribution in [0.2, 0.25) is 0 Å². The number of aryl methyl sites for hydroxylation is 1. The number of nitrogens with one attached hydrogen (secondary N) is 1. The van der Waals surface area contributed by atoms with Gasteiger partial charge in [-0.2, -0.15) is 16.9 Å². The summed E-state index contributed by atoms with van der Waals surface area (Å²) in [5.74, 6) is 1.04. The first-order valence-electron chi connectivity index (χ1n) is 5.71. The van der Waals surface area contributed by atoms with E-state index in [1.165, 1.54) is 23.1 Å². The predicted octanol–water partition coefficient (Wildman–Crippen LogP) is 1.02. The van der Waals surface area contributed by atoms with E-state index in [1.54, 1.807) is 7.05 Å². The lowest BCUT2D eigenvalue weighted by Crippen LogP contribution is -2.37. The van der Waals surface area contributed by atoms with Gasteiger partial charge in [0.05, 0.1) is 11.9 Å². The Morgan fingerprint density at radius 2 is 2.53 bits per heavy atom. The Bertz CT molecular complexity index is 404. The molecule has 3 N–H and O–H groups in total. The lowest BCUT2D eigenvalue weighted by molar-refractivity contribution is 0.0941. The SMILES string of the molecule is Cn1ncc(N)c1C(=O)NCC1(C)CCCS1. The molecule has 1 aliphatic heterocycles. The van der Waals surface area contributed by atoms with E-state index >= 15 is 0 Å². The van der Waals surface area contributed by atoms with Gasteiger partial charge in [-0.15, -0.1) is 0 Å². The van der Waals surface area contributed by atoms with Crippen molar-refractivity contribution in [3.63, 3.8) is 0 Å². The van der Waals surface area contributed by atoms with E-state index < -0.39 is 0 Å². The number of rotatable bonds is 3. The van der Waals surface area contributed by atoms with Crippen LogP contribution in [0.15, 0.2) is 6.20 Å². The zero-order valence-electron chi connectivity index (χ0n) is 10.2. The first-order valence-corrected chi connectivity index (χ1v) is 6.70. The first-order chi connectivity index (χ1) is 8.02. The molecule has 1 fully saturated rings. The van der Waals surface area contributed by atoms with E-state index in [1.807, 2.05) is 11.8 Å². The van der Waals surface area contributed by atoms with Gasteiger partial charge >= 0.3 is 0 Å². The molecule has 0 saturated carbocycles. The van der Waals surface area contributed by atoms with Crippen LogP contribution in [0.3, 0.4) is 0 Å². The van der Waals surface area contributed by atoms with Crippen LogP contribution in [0.1, 0.15) is 30.3 Å². The molecule has 0 bridgehead atoms. The zero-order chi connectivity index (χ0) is 12.5. The summed E-state index contributed by atoms with van der Waals surface area (Å²) in [5.41, 5.74) is 6.58. The van der Waals surface area contributed by atoms with Gasteiger partial charge in [-0.05, 0) is 25.5 Å². The highest BCUT2D eigenvalue weighted by Crippen LogP contribution is 2.36. The van der Waals surface area contributed by atoms with Gasteiger partial charge in [0, 0.05) is 18.3 Å². The lowest BCUT2D eigenvalue weighted by atomic mass is 10.1. The van der Waals surface area contributed by atoms with Crippen molar-refractivity contribution >= 4 is 23.4 Å². The Balaban J connectivity index is 1.98. The van der Waals surface area contributed by atoms with Gasteiger partial charge in [-0.1, -0.05) is 0 Å². The van der Waals surface area contributed by atoms with E-state index in [0.29, 0.717) is 17.9 Å². The smallest absolute Gasteiger partial charge is 0.271 e. The van der Waals surface area contributed by atoms with Crippen LogP contribution in [-0.4, -0.2) is 32.7 Å². The molecule has 1 aromatic rings. The molecule has 0 spiro atoms. The predicted molar refractivity (Wildman–Crippen MR) is 70.1 cm³/mol. The maximum Gasteiger partial charge on any atom is 0.271 e. The van der Waals surface area contributed by atoms with E-state index in [4.69, 9.17) is 5.73 Å². The van der Waals surface area contributed by atoms with Crippen LogP contribution < -0.4 is 11.1 Å². The molecule has 1 atom stereocenters. The number of nitrogens with two attached hydrogens (primary N) is 1. The number of carbonyl (C=O) groups is 1. The quantitative estimate of drug-likeness (QED) is 0.844. The normalized spacial score (nSPS) is 23.9. The number of amides is 1. The van der Waals surface area contributed by atoms with Crippen molar-refractivity contribution in [3.05, 3.63) is 11.9 Å². The second kappa shape index (κ2) is 4.60. The van der Waals surface area contributed by atoms with E-state index in [2.05, 4.69) is 17.3 Å². The number of nitrogens with zero attached hydrogens (tertiary/aromatic N) is 2. The van der Waals surface area contributed by atoms with Gasteiger partial charge in [0.1, 0.15) is 5.69 Å². The Morgan fingerprint density at radius 1 is 1.76 bits per heavy atom. The third kappa shape index (κ3) is 2.57. The molecule has 17 heavy (non-hydrogen) atoms. The van der Waals surface area contributed by atoms with Gasteiger partial charge in [-0.3, -0.25) is 9.48 Å². The molecule has 0 radical (unpaired) electrons. The summed E-state index contributed by atoms with van der Waals surface area (Å²) in [6.45, 7) is 2.87. The summed E-state index contributed by atoms with van der Waals surface area (Å²) in [6.07, 6.45) is 3.88. The van der Waals surface area contributed by atoms with E-state index in [-0.39, 0.29) is 10.7 Å². The summed E-state index contributed by atoms with van der Waals surface area (Å²) < 4.78 is 1.68. The number of aromatic nitrogens is 2. The molecule has 1 unspecified atom stereocenters. The second-order valence-electron chi connectivity index (χ2n) is 4.66. The summed E-state index contributed by atoms with van der Waals surface area (Å²) in [4.78, 5) is 12.0. The second-order valence-corrected chi connectivity index (χ2v) is 6.34. The molecule has 0 aliphatic carbocycles. The number of nitrogen functional groups attached to an aromatic ring is 1. The van der Waals surface area contributed by atoms with Crippen molar-refractivity contribution < 1.29 is 4.79 Å². The molecule has 94 valence electrons. The van der Waals surface area contributed by atoms with Crippen LogP contribution in [0.5, 0.6) is 0 Å². The maximum atomic E-state index is 12.0. The van der Waals surface area contributed by atoms with Crippen LogP contribution >= 0.6 is 11.8 Å². The molecular formula is C11H18N4OS. The van der Waals surface area contributed by atoms with Crippen molar-refractivity contribution in [3.8, 4) is 0 Å². The number of carbonyl (C=O) groups excluding carboxylic acids is 1. The van der Waals surface area contributed by atoms with E-state index in [9.17, 15) is 4.79 Å². The van der Waals surface area contributed by atoms with Gasteiger partial charge in [0.25, 0.3) is 5.91 Å². The average Bonchev–Trinajstić information content (AvgIpc) is 2.84. The van der Waals surface area contributed by atoms with Gasteiger partial charge in [0.2, 0.25) is 0 Å². The van der Waals surface area contributed by atoms with Crippen LogP contribution in [0, 0.1) is 0 Å². The largest absolute Gasteiger partial charge is 0.396 e. The number of thioether (sulfide) groups is 1. The Labute approximate surface area is 105 Å². The van der Waals surface area contributed by atoms with Crippen molar-refractivity contribution in [1.82, 2.24) is 15.1 Å². The summed E-state index contributed by atoms with van der Waals surface area (Å²) in [5, 5.41) is 6.91. The molecule has 5 nitrogen and oxygen atoms in total. The van der Waals surface area contributed by atoms with Crippen LogP contribution in [0.25, 0.3) is 0 Å². The first kappa shape index (κ1) is 12.3. The topological polar surface area (TPSA) is 72.9 Å². The minimum absolute atomic E-state index is 0.142. The molecule has 2 heterocycles. The molecule has 1 amide bonds. The summed E-state index contributed by atoms with van der Waals surface area (Å²) in [6, 6.07) is 0. The van der Waals surface area contributed by atoms with Crippen LogP contribution in [-0.2, 0) is 7.05 Å². The minimum Gasteiger partial charge on any atom is -0.396 e. The molecule has 2 rings (SSSR count). The molecule has 1 aromatic heterocycles. The highest BCUT2D eigenvalue weighted by atomic mass is 32.2. The third-order valence-electron chi connectivity index (χ3n) is 3.11. The van der Waals surface area contributed by atoms with Gasteiger partial charge in [0.15, 0.2) is 0 Å². The van der Waals surface area contributed by atoms with Gasteiger partial charge < -0.3 is 11.1 Å². The van der Waals surface area contributed by atoms with Crippen LogP contribution in [0.4, 0.5) is 5.69 Å². The fourth-order valence-electron chi connectivity index (χ4n) is 2.06. The van der Waals surface area contributed by atoms with Crippen molar-refractivity contribution in [2.45, 2.75) is 24.5 Å². The zero-order valence-corrected chi connectivity index (χ0v) is 11.0. The van der Waals surface area contributed by atoms with Gasteiger partial charge in [-0.25, -0.2) is 0 Å². The standard InChI is InChI=1S/C11H18N4OS/c1-11(4-3-5-17-11)7-13-10(16)9-8(12)6-14-15(9)2/h6H,3-5,7,12H2,1-2H3,(H,13,16). The fraction of sp³-hybridized carbons (Fsp3) is 0.636. The molecule has 1 saturated heterocycles. The molecule has 6 heteroatoms. The molecule has 1 aliphatic rings. The summed E-state index contributed by atoms with van der Waals surface area (Å²) in [7, 11) is 1.72. The molecular weight excluding hydrogens is 236 g/mol. The Kier molecular flexibility index (Phi) is 3.33. The lowest BCUT2D eigenvalue weighted by Gasteiger charge is -2.22. The number of hydrogen-bond donors (Lipinski definition) is 2. The Morgan fingerprint density at radius 3 is 3.06 bits per heavy atom. The summed E-state index contributed by atoms with van der Waals surface area (Å²) >= 11 is 1.92. The van der Waals surface area contributed by atoms with Crippen molar-refractivity contribution in [1.29, 1.82) is 0 Å². The third-order valence-corrected chi connectivity index (χ3v) is 4.64. The average molecular weight is 254 g/mol. The van der Waals surface area contributed by atoms with Crippen molar-refractivity contribution in [2.24, 2.45) is 7.05 Å². The number of hydrogen-bond acceptors (Lipinski definition) is 4. The highest BCUT2D eigenvalue weighted by Gasteiger charge is 2.30.